The first-order valence-electron chi connectivity index (χ1n) is 18.9. The van der Waals surface area contributed by atoms with Crippen LogP contribution in [0.3, 0.4) is 0 Å². The lowest BCUT2D eigenvalue weighted by Crippen LogP contribution is -2.33. The van der Waals surface area contributed by atoms with Gasteiger partial charge in [0, 0.05) is 57.3 Å². The van der Waals surface area contributed by atoms with Crippen molar-refractivity contribution in [3.8, 4) is 11.1 Å². The molecule has 0 fully saturated rings. The van der Waals surface area contributed by atoms with Gasteiger partial charge in [-0.2, -0.15) is 0 Å². The third kappa shape index (κ3) is 4.91. The highest BCUT2D eigenvalue weighted by Gasteiger charge is 2.41. The topological polar surface area (TPSA) is 8.17 Å². The van der Waals surface area contributed by atoms with Crippen LogP contribution in [-0.4, -0.2) is 10.6 Å². The summed E-state index contributed by atoms with van der Waals surface area (Å²) in [7, 11) is 0. The molecule has 0 saturated carbocycles. The smallest absolute Gasteiger partial charge is 0.0626 e. The van der Waals surface area contributed by atoms with Crippen molar-refractivity contribution in [3.05, 3.63) is 179 Å². The second-order valence-electron chi connectivity index (χ2n) is 14.9. The molecule has 6 aliphatic rings. The molecule has 0 amide bonds. The van der Waals surface area contributed by atoms with Crippen molar-refractivity contribution in [2.75, 3.05) is 4.90 Å². The zero-order valence-corrected chi connectivity index (χ0v) is 28.7. The molecule has 0 bridgehead atoms. The molecular weight excluding hydrogens is 605 g/mol. The van der Waals surface area contributed by atoms with E-state index in [0.717, 1.165) is 32.1 Å². The van der Waals surface area contributed by atoms with E-state index in [1.165, 1.54) is 63.0 Å². The molecular formula is C48H44N2. The number of fused-ring (bicyclic) bond motifs is 5. The summed E-state index contributed by atoms with van der Waals surface area (Å²) in [6, 6.07) is 28.3. The van der Waals surface area contributed by atoms with E-state index in [1.54, 1.807) is 11.3 Å². The summed E-state index contributed by atoms with van der Waals surface area (Å²) in [5.74, 6) is 1.17. The van der Waals surface area contributed by atoms with Crippen LogP contribution < -0.4 is 4.90 Å². The Bertz CT molecular complexity index is 2230. The van der Waals surface area contributed by atoms with E-state index < -0.39 is 0 Å². The first-order valence-corrected chi connectivity index (χ1v) is 18.9. The second-order valence-corrected chi connectivity index (χ2v) is 14.9. The lowest BCUT2D eigenvalue weighted by molar-refractivity contribution is 0.451. The fraction of sp³-hybridized carbons (Fsp3) is 0.250. The van der Waals surface area contributed by atoms with Gasteiger partial charge < -0.3 is 9.47 Å². The molecule has 10 rings (SSSR count). The monoisotopic (exact) mass is 648 g/mol. The first-order chi connectivity index (χ1) is 24.8. The van der Waals surface area contributed by atoms with Crippen molar-refractivity contribution >= 4 is 22.7 Å². The highest BCUT2D eigenvalue weighted by molar-refractivity contribution is 5.92. The van der Waals surface area contributed by atoms with E-state index in [-0.39, 0.29) is 0 Å². The number of benzene rings is 3. The first kappa shape index (κ1) is 29.8. The fourth-order valence-corrected chi connectivity index (χ4v) is 9.84. The standard InChI is InChI=1S/C48H44N2/c1-4-15-33(16-5-1)36-29-37(34-17-6-2-7-18-34)31-39(30-36)49-45-25-12-11-22-42(45)44-32-35(27-28-47(44)49)40-23-14-24-43-41-21-10-13-26-46(41)50(48(40)43)38-19-8-3-9-20-38/h1-8,10-17,21-22,24-26,29-32,34,38,40,42,45H,9,18-20,23,27-28H2. The van der Waals surface area contributed by atoms with Crippen molar-refractivity contribution in [1.82, 2.24) is 4.57 Å². The third-order valence-corrected chi connectivity index (χ3v) is 12.1. The van der Waals surface area contributed by atoms with Crippen molar-refractivity contribution in [2.45, 2.75) is 68.9 Å². The van der Waals surface area contributed by atoms with Crippen molar-refractivity contribution in [1.29, 1.82) is 0 Å². The fourth-order valence-electron chi connectivity index (χ4n) is 9.84. The van der Waals surface area contributed by atoms with Crippen molar-refractivity contribution in [2.24, 2.45) is 5.92 Å². The third-order valence-electron chi connectivity index (χ3n) is 12.1. The number of para-hydroxylation sites is 1. The summed E-state index contributed by atoms with van der Waals surface area (Å²) in [6.07, 6.45) is 38.7. The molecule has 1 aromatic heterocycles. The van der Waals surface area contributed by atoms with Gasteiger partial charge in [0.05, 0.1) is 6.04 Å². The van der Waals surface area contributed by atoms with Gasteiger partial charge >= 0.3 is 0 Å². The molecule has 2 heteroatoms. The van der Waals surface area contributed by atoms with Crippen LogP contribution >= 0.6 is 0 Å². The number of hydrogen-bond donors (Lipinski definition) is 0. The minimum absolute atomic E-state index is 0.295. The van der Waals surface area contributed by atoms with Gasteiger partial charge in [0.2, 0.25) is 0 Å². The summed E-state index contributed by atoms with van der Waals surface area (Å²) >= 11 is 0. The summed E-state index contributed by atoms with van der Waals surface area (Å²) in [6.45, 7) is 0. The second kappa shape index (κ2) is 12.4. The molecule has 5 aliphatic carbocycles. The average molecular weight is 649 g/mol. The molecule has 3 aromatic carbocycles. The number of anilines is 1. The van der Waals surface area contributed by atoms with E-state index in [1.807, 2.05) is 0 Å². The minimum atomic E-state index is 0.295. The molecule has 2 heterocycles. The maximum absolute atomic E-state index is 2.77. The molecule has 0 N–H and O–H groups in total. The van der Waals surface area contributed by atoms with Crippen LogP contribution in [0, 0.1) is 5.92 Å². The van der Waals surface area contributed by atoms with Gasteiger partial charge in [0.25, 0.3) is 0 Å². The predicted molar refractivity (Wildman–Crippen MR) is 210 cm³/mol. The SMILES string of the molecule is C1=CCC(c2cc(-c3ccccc3)cc(N3C4=C(C=C(C5CC=Cc6c5n(C5CC=CCC5)c5ccccc65)CC4)C4C=CC=CC43)c2)C=C1. The number of aromatic nitrogens is 1. The van der Waals surface area contributed by atoms with E-state index in [4.69, 9.17) is 0 Å². The van der Waals surface area contributed by atoms with Gasteiger partial charge in [-0.3, -0.25) is 0 Å². The largest absolute Gasteiger partial charge is 0.340 e. The Morgan fingerprint density at radius 3 is 2.44 bits per heavy atom. The Balaban J connectivity index is 1.09. The Morgan fingerprint density at radius 1 is 0.680 bits per heavy atom. The van der Waals surface area contributed by atoms with Crippen LogP contribution in [0.2, 0.25) is 0 Å². The summed E-state index contributed by atoms with van der Waals surface area (Å²) in [5.41, 5.74) is 14.4. The van der Waals surface area contributed by atoms with Crippen LogP contribution in [0.1, 0.15) is 79.6 Å². The van der Waals surface area contributed by atoms with Gasteiger partial charge in [-0.05, 0) is 85.4 Å². The molecule has 1 aliphatic heterocycles. The number of allylic oxidation sites excluding steroid dienone is 12. The molecule has 4 aromatic rings. The van der Waals surface area contributed by atoms with Crippen molar-refractivity contribution < 1.29 is 0 Å². The Hall–Kier alpha value is -5.08. The minimum Gasteiger partial charge on any atom is -0.340 e. The molecule has 5 unspecified atom stereocenters. The predicted octanol–water partition coefficient (Wildman–Crippen LogP) is 12.3. The quantitative estimate of drug-likeness (QED) is 0.196. The highest BCUT2D eigenvalue weighted by Crippen LogP contribution is 2.51. The average Bonchev–Trinajstić information content (AvgIpc) is 3.71. The molecule has 246 valence electrons. The zero-order chi connectivity index (χ0) is 33.0. The Morgan fingerprint density at radius 2 is 1.56 bits per heavy atom. The van der Waals surface area contributed by atoms with Gasteiger partial charge in [0.1, 0.15) is 0 Å². The normalized spacial score (nSPS) is 26.4. The molecule has 2 nitrogen and oxygen atoms in total. The molecule has 0 radical (unpaired) electrons. The number of rotatable bonds is 5. The van der Waals surface area contributed by atoms with Crippen LogP contribution in [-0.2, 0) is 0 Å². The molecule has 5 atom stereocenters. The van der Waals surface area contributed by atoms with E-state index in [0.29, 0.717) is 29.8 Å². The van der Waals surface area contributed by atoms with Gasteiger partial charge in [-0.1, -0.05) is 139 Å². The van der Waals surface area contributed by atoms with Gasteiger partial charge in [-0.25, -0.2) is 0 Å². The maximum atomic E-state index is 2.77. The zero-order valence-electron chi connectivity index (χ0n) is 28.7. The Labute approximate surface area is 296 Å². The molecule has 50 heavy (non-hydrogen) atoms. The highest BCUT2D eigenvalue weighted by atomic mass is 15.2. The number of nitrogens with zero attached hydrogens (tertiary/aromatic N) is 2. The summed E-state index contributed by atoms with van der Waals surface area (Å²) in [5, 5.41) is 1.42. The summed E-state index contributed by atoms with van der Waals surface area (Å²) in [4.78, 5) is 2.71. The Kier molecular flexibility index (Phi) is 7.36. The van der Waals surface area contributed by atoms with Crippen LogP contribution in [0.25, 0.3) is 28.1 Å². The van der Waals surface area contributed by atoms with Gasteiger partial charge in [0.15, 0.2) is 0 Å². The van der Waals surface area contributed by atoms with Crippen LogP contribution in [0.4, 0.5) is 5.69 Å². The lowest BCUT2D eigenvalue weighted by atomic mass is 9.78. The number of hydrogen-bond acceptors (Lipinski definition) is 1. The van der Waals surface area contributed by atoms with Crippen LogP contribution in [0.5, 0.6) is 0 Å². The molecule has 0 saturated heterocycles. The maximum Gasteiger partial charge on any atom is 0.0626 e. The van der Waals surface area contributed by atoms with E-state index in [2.05, 4.69) is 161 Å². The van der Waals surface area contributed by atoms with Crippen LogP contribution in [0.15, 0.2) is 163 Å². The van der Waals surface area contributed by atoms with E-state index >= 15 is 0 Å². The van der Waals surface area contributed by atoms with Gasteiger partial charge in [-0.15, -0.1) is 0 Å². The molecule has 0 spiro atoms. The lowest BCUT2D eigenvalue weighted by Gasteiger charge is -2.33. The van der Waals surface area contributed by atoms with E-state index in [9.17, 15) is 0 Å². The summed E-state index contributed by atoms with van der Waals surface area (Å²) < 4.78 is 2.77. The van der Waals surface area contributed by atoms with Crippen molar-refractivity contribution in [3.63, 3.8) is 0 Å².